The maximum atomic E-state index is 9.63. The van der Waals surface area contributed by atoms with Gasteiger partial charge in [0, 0.05) is 19.6 Å². The Labute approximate surface area is 135 Å². The molecule has 0 saturated carbocycles. The SMILES string of the molecule is CN(C)CC1CCN(c2ncnc3c2ncn3C[C@H](O)CO)C1. The van der Waals surface area contributed by atoms with Gasteiger partial charge in [0.05, 0.1) is 25.6 Å². The molecule has 0 aromatic carbocycles. The first kappa shape index (κ1) is 16.1. The molecule has 2 aromatic heterocycles. The van der Waals surface area contributed by atoms with Crippen LogP contribution in [0.3, 0.4) is 0 Å². The smallest absolute Gasteiger partial charge is 0.165 e. The maximum absolute atomic E-state index is 9.63. The zero-order chi connectivity index (χ0) is 16.4. The molecule has 23 heavy (non-hydrogen) atoms. The van der Waals surface area contributed by atoms with Gasteiger partial charge in [0.15, 0.2) is 17.0 Å². The highest BCUT2D eigenvalue weighted by molar-refractivity contribution is 5.83. The summed E-state index contributed by atoms with van der Waals surface area (Å²) in [7, 11) is 4.19. The number of aliphatic hydroxyl groups excluding tert-OH is 2. The Hall–Kier alpha value is -1.77. The first-order chi connectivity index (χ1) is 11.1. The van der Waals surface area contributed by atoms with Crippen molar-refractivity contribution in [3.05, 3.63) is 12.7 Å². The minimum absolute atomic E-state index is 0.271. The van der Waals surface area contributed by atoms with Crippen molar-refractivity contribution in [1.82, 2.24) is 24.4 Å². The third kappa shape index (κ3) is 3.44. The van der Waals surface area contributed by atoms with Crippen molar-refractivity contribution in [3.8, 4) is 0 Å². The van der Waals surface area contributed by atoms with Crippen molar-refractivity contribution in [2.75, 3.05) is 45.2 Å². The van der Waals surface area contributed by atoms with E-state index in [1.807, 2.05) is 0 Å². The van der Waals surface area contributed by atoms with Crippen LogP contribution in [0.25, 0.3) is 11.2 Å². The second-order valence-electron chi connectivity index (χ2n) is 6.47. The van der Waals surface area contributed by atoms with E-state index in [2.05, 4.69) is 38.8 Å². The van der Waals surface area contributed by atoms with Crippen LogP contribution in [0.2, 0.25) is 0 Å². The van der Waals surface area contributed by atoms with Gasteiger partial charge >= 0.3 is 0 Å². The summed E-state index contributed by atoms with van der Waals surface area (Å²) in [6.07, 6.45) is 3.52. The summed E-state index contributed by atoms with van der Waals surface area (Å²) in [6.45, 7) is 3.00. The molecule has 0 bridgehead atoms. The number of imidazole rings is 1. The van der Waals surface area contributed by atoms with Gasteiger partial charge in [-0.2, -0.15) is 0 Å². The lowest BCUT2D eigenvalue weighted by Gasteiger charge is -2.19. The van der Waals surface area contributed by atoms with Crippen molar-refractivity contribution < 1.29 is 10.2 Å². The number of nitrogens with zero attached hydrogens (tertiary/aromatic N) is 6. The standard InChI is InChI=1S/C15H24N6O2/c1-19(2)5-11-3-4-20(6-11)14-13-15(17-9-16-14)21(10-18-13)7-12(23)8-22/h9-12,22-23H,3-8H2,1-2H3/t11?,12-/m0/s1. The molecule has 1 saturated heterocycles. The molecule has 1 aliphatic heterocycles. The summed E-state index contributed by atoms with van der Waals surface area (Å²) in [5, 5.41) is 18.6. The number of hydrogen-bond donors (Lipinski definition) is 2. The fourth-order valence-electron chi connectivity index (χ4n) is 3.21. The van der Waals surface area contributed by atoms with Crippen LogP contribution >= 0.6 is 0 Å². The Balaban J connectivity index is 1.82. The highest BCUT2D eigenvalue weighted by Crippen LogP contribution is 2.27. The fourth-order valence-corrected chi connectivity index (χ4v) is 3.21. The predicted molar refractivity (Wildman–Crippen MR) is 87.3 cm³/mol. The maximum Gasteiger partial charge on any atom is 0.165 e. The zero-order valence-electron chi connectivity index (χ0n) is 13.6. The van der Waals surface area contributed by atoms with Crippen molar-refractivity contribution in [1.29, 1.82) is 0 Å². The number of aromatic nitrogens is 4. The first-order valence-electron chi connectivity index (χ1n) is 7.93. The highest BCUT2D eigenvalue weighted by Gasteiger charge is 2.26. The van der Waals surface area contributed by atoms with Crippen LogP contribution in [-0.4, -0.2) is 81.1 Å². The molecule has 2 aromatic rings. The number of hydrogen-bond acceptors (Lipinski definition) is 7. The Morgan fingerprint density at radius 2 is 2.17 bits per heavy atom. The lowest BCUT2D eigenvalue weighted by molar-refractivity contribution is 0.0820. The van der Waals surface area contributed by atoms with E-state index in [9.17, 15) is 5.11 Å². The minimum atomic E-state index is -0.818. The molecule has 8 nitrogen and oxygen atoms in total. The van der Waals surface area contributed by atoms with Gasteiger partial charge in [-0.05, 0) is 26.4 Å². The highest BCUT2D eigenvalue weighted by atomic mass is 16.3. The van der Waals surface area contributed by atoms with Crippen LogP contribution < -0.4 is 4.90 Å². The van der Waals surface area contributed by atoms with Crippen molar-refractivity contribution in [3.63, 3.8) is 0 Å². The molecular formula is C15H24N6O2. The second-order valence-corrected chi connectivity index (χ2v) is 6.47. The molecule has 0 amide bonds. The number of aliphatic hydroxyl groups is 2. The first-order valence-corrected chi connectivity index (χ1v) is 7.93. The summed E-state index contributed by atoms with van der Waals surface area (Å²) in [5.74, 6) is 1.49. The normalized spacial score (nSPS) is 19.9. The predicted octanol–water partition coefficient (Wildman–Crippen LogP) is -0.433. The van der Waals surface area contributed by atoms with E-state index in [1.165, 1.54) is 0 Å². The summed E-state index contributed by atoms with van der Waals surface area (Å²) in [6, 6.07) is 0. The molecule has 2 N–H and O–H groups in total. The van der Waals surface area contributed by atoms with Gasteiger partial charge in [0.2, 0.25) is 0 Å². The van der Waals surface area contributed by atoms with E-state index in [4.69, 9.17) is 5.11 Å². The summed E-state index contributed by atoms with van der Waals surface area (Å²) < 4.78 is 1.76. The van der Waals surface area contributed by atoms with Gasteiger partial charge in [0.1, 0.15) is 6.33 Å². The molecule has 0 radical (unpaired) electrons. The average Bonchev–Trinajstić information content (AvgIpc) is 3.14. The van der Waals surface area contributed by atoms with Crippen LogP contribution in [0.1, 0.15) is 6.42 Å². The quantitative estimate of drug-likeness (QED) is 0.746. The van der Waals surface area contributed by atoms with Crippen LogP contribution in [0.4, 0.5) is 5.82 Å². The van der Waals surface area contributed by atoms with E-state index in [1.54, 1.807) is 17.2 Å². The fraction of sp³-hybridized carbons (Fsp3) is 0.667. The average molecular weight is 320 g/mol. The summed E-state index contributed by atoms with van der Waals surface area (Å²) in [4.78, 5) is 17.6. The Bertz CT molecular complexity index is 658. The molecule has 3 rings (SSSR count). The van der Waals surface area contributed by atoms with E-state index in [0.717, 1.165) is 37.4 Å². The number of anilines is 1. The van der Waals surface area contributed by atoms with Crippen LogP contribution in [0.5, 0.6) is 0 Å². The van der Waals surface area contributed by atoms with Gasteiger partial charge in [-0.1, -0.05) is 0 Å². The molecule has 126 valence electrons. The van der Waals surface area contributed by atoms with Crippen LogP contribution in [0, 0.1) is 5.92 Å². The molecule has 0 spiro atoms. The topological polar surface area (TPSA) is 90.5 Å². The third-order valence-corrected chi connectivity index (χ3v) is 4.21. The van der Waals surface area contributed by atoms with E-state index < -0.39 is 6.10 Å². The van der Waals surface area contributed by atoms with E-state index in [0.29, 0.717) is 11.6 Å². The van der Waals surface area contributed by atoms with Gasteiger partial charge in [-0.25, -0.2) is 15.0 Å². The molecule has 1 aliphatic rings. The molecule has 1 fully saturated rings. The van der Waals surface area contributed by atoms with Crippen molar-refractivity contribution in [2.24, 2.45) is 5.92 Å². The second kappa shape index (κ2) is 6.77. The Kier molecular flexibility index (Phi) is 4.74. The van der Waals surface area contributed by atoms with E-state index in [-0.39, 0.29) is 13.2 Å². The largest absolute Gasteiger partial charge is 0.394 e. The van der Waals surface area contributed by atoms with Crippen LogP contribution in [-0.2, 0) is 6.54 Å². The molecule has 1 unspecified atom stereocenters. The summed E-state index contributed by atoms with van der Waals surface area (Å²) >= 11 is 0. The molecule has 2 atom stereocenters. The van der Waals surface area contributed by atoms with Gasteiger partial charge in [0.25, 0.3) is 0 Å². The summed E-state index contributed by atoms with van der Waals surface area (Å²) in [5.41, 5.74) is 1.45. The molecule has 8 heteroatoms. The number of fused-ring (bicyclic) bond motifs is 1. The Morgan fingerprint density at radius 1 is 1.35 bits per heavy atom. The molecule has 3 heterocycles. The minimum Gasteiger partial charge on any atom is -0.394 e. The van der Waals surface area contributed by atoms with Crippen molar-refractivity contribution in [2.45, 2.75) is 19.1 Å². The van der Waals surface area contributed by atoms with E-state index >= 15 is 0 Å². The Morgan fingerprint density at radius 3 is 2.91 bits per heavy atom. The van der Waals surface area contributed by atoms with Gasteiger partial charge < -0.3 is 24.6 Å². The lowest BCUT2D eigenvalue weighted by Crippen LogP contribution is -2.26. The monoisotopic (exact) mass is 320 g/mol. The van der Waals surface area contributed by atoms with Crippen LogP contribution in [0.15, 0.2) is 12.7 Å². The molecular weight excluding hydrogens is 296 g/mol. The lowest BCUT2D eigenvalue weighted by atomic mass is 10.1. The molecule has 0 aliphatic carbocycles. The number of rotatable bonds is 6. The third-order valence-electron chi connectivity index (χ3n) is 4.21. The zero-order valence-corrected chi connectivity index (χ0v) is 13.6. The van der Waals surface area contributed by atoms with Gasteiger partial charge in [-0.15, -0.1) is 0 Å². The van der Waals surface area contributed by atoms with Gasteiger partial charge in [-0.3, -0.25) is 0 Å². The van der Waals surface area contributed by atoms with Crippen molar-refractivity contribution >= 4 is 17.0 Å².